The maximum absolute atomic E-state index is 12.0. The maximum atomic E-state index is 12.0. The number of nitrogens with zero attached hydrogens (tertiary/aromatic N) is 1. The lowest BCUT2D eigenvalue weighted by Crippen LogP contribution is -2.42. The molecule has 0 saturated carbocycles. The first-order chi connectivity index (χ1) is 9.90. The molecule has 1 aromatic carbocycles. The predicted octanol–water partition coefficient (Wildman–Crippen LogP) is 0.555. The van der Waals surface area contributed by atoms with Crippen molar-refractivity contribution in [3.8, 4) is 0 Å². The Morgan fingerprint density at radius 2 is 2.00 bits per heavy atom. The van der Waals surface area contributed by atoms with Gasteiger partial charge in [0.15, 0.2) is 0 Å². The van der Waals surface area contributed by atoms with E-state index in [9.17, 15) is 14.4 Å². The van der Waals surface area contributed by atoms with E-state index in [1.54, 1.807) is 31.2 Å². The van der Waals surface area contributed by atoms with Crippen LogP contribution in [0.2, 0.25) is 0 Å². The summed E-state index contributed by atoms with van der Waals surface area (Å²) in [5.41, 5.74) is 0.920. The Bertz CT molecular complexity index is 731. The molecule has 0 spiro atoms. The number of H-pyrrole nitrogens is 1. The second-order valence-electron chi connectivity index (χ2n) is 5.02. The highest BCUT2D eigenvalue weighted by atomic mass is 16.4. The number of hydrogen-bond acceptors (Lipinski definition) is 3. The number of hydrogen-bond donors (Lipinski definition) is 3. The summed E-state index contributed by atoms with van der Waals surface area (Å²) in [5.74, 6) is -2.08. The topological polar surface area (TPSA) is 104 Å². The fraction of sp³-hybridized carbons (Fsp3) is 0.357. The Labute approximate surface area is 120 Å². The van der Waals surface area contributed by atoms with Crippen LogP contribution in [0.4, 0.5) is 0 Å². The zero-order valence-electron chi connectivity index (χ0n) is 11.8. The molecule has 0 fully saturated rings. The van der Waals surface area contributed by atoms with Crippen LogP contribution in [0, 0.1) is 5.92 Å². The van der Waals surface area contributed by atoms with Crippen molar-refractivity contribution in [1.29, 1.82) is 0 Å². The van der Waals surface area contributed by atoms with Gasteiger partial charge in [0.1, 0.15) is 6.54 Å². The minimum atomic E-state index is -0.980. The van der Waals surface area contributed by atoms with E-state index < -0.39 is 23.8 Å². The van der Waals surface area contributed by atoms with Gasteiger partial charge >= 0.3 is 11.7 Å². The number of carbonyl (C=O) groups is 2. The van der Waals surface area contributed by atoms with E-state index in [1.807, 2.05) is 0 Å². The Hall–Kier alpha value is -2.57. The van der Waals surface area contributed by atoms with Crippen LogP contribution in [-0.2, 0) is 16.1 Å². The molecular formula is C14H17N3O4. The second-order valence-corrected chi connectivity index (χ2v) is 5.02. The molecule has 1 heterocycles. The highest BCUT2D eigenvalue weighted by Crippen LogP contribution is 2.09. The number of aromatic nitrogens is 2. The second kappa shape index (κ2) is 5.82. The number of rotatable bonds is 5. The van der Waals surface area contributed by atoms with Crippen molar-refractivity contribution in [2.45, 2.75) is 26.4 Å². The molecule has 0 aliphatic rings. The molecule has 1 aromatic heterocycles. The predicted molar refractivity (Wildman–Crippen MR) is 77.0 cm³/mol. The summed E-state index contributed by atoms with van der Waals surface area (Å²) in [7, 11) is 0. The van der Waals surface area contributed by atoms with Crippen molar-refractivity contribution < 1.29 is 14.7 Å². The molecule has 0 aliphatic carbocycles. The summed E-state index contributed by atoms with van der Waals surface area (Å²) in [5, 5.41) is 11.5. The third-order valence-corrected chi connectivity index (χ3v) is 3.51. The number of carbonyl (C=O) groups excluding carboxylic acids is 1. The Morgan fingerprint density at radius 1 is 1.33 bits per heavy atom. The van der Waals surface area contributed by atoms with Gasteiger partial charge in [-0.05, 0) is 26.0 Å². The first-order valence-corrected chi connectivity index (χ1v) is 6.60. The number of carboxylic acids is 1. The normalized spacial score (nSPS) is 13.8. The lowest BCUT2D eigenvalue weighted by Gasteiger charge is -2.17. The Kier molecular flexibility index (Phi) is 4.11. The molecule has 7 nitrogen and oxygen atoms in total. The zero-order chi connectivity index (χ0) is 15.6. The Morgan fingerprint density at radius 3 is 2.67 bits per heavy atom. The SMILES string of the molecule is CC(NC(=O)Cn1c(=O)[nH]c2ccccc21)C(C)C(=O)O. The molecule has 2 unspecified atom stereocenters. The average molecular weight is 291 g/mol. The third-order valence-electron chi connectivity index (χ3n) is 3.51. The number of fused-ring (bicyclic) bond motifs is 1. The standard InChI is InChI=1S/C14H17N3O4/c1-8(13(19)20)9(2)15-12(18)7-17-11-6-4-3-5-10(11)16-14(17)21/h3-6,8-9H,7H2,1-2H3,(H,15,18)(H,16,21)(H,19,20). The van der Waals surface area contributed by atoms with Crippen LogP contribution in [0.3, 0.4) is 0 Å². The van der Waals surface area contributed by atoms with Crippen LogP contribution < -0.4 is 11.0 Å². The molecule has 2 atom stereocenters. The number of aromatic amines is 1. The van der Waals surface area contributed by atoms with Gasteiger partial charge in [0, 0.05) is 6.04 Å². The molecule has 0 saturated heterocycles. The monoisotopic (exact) mass is 291 g/mol. The smallest absolute Gasteiger partial charge is 0.326 e. The third kappa shape index (κ3) is 3.13. The van der Waals surface area contributed by atoms with Gasteiger partial charge in [0.2, 0.25) is 5.91 Å². The maximum Gasteiger partial charge on any atom is 0.326 e. The van der Waals surface area contributed by atoms with E-state index >= 15 is 0 Å². The number of amides is 1. The largest absolute Gasteiger partial charge is 0.481 e. The Balaban J connectivity index is 2.14. The number of para-hydroxylation sites is 2. The summed E-state index contributed by atoms with van der Waals surface area (Å²) in [6.07, 6.45) is 0. The van der Waals surface area contributed by atoms with Crippen LogP contribution in [0.25, 0.3) is 11.0 Å². The van der Waals surface area contributed by atoms with Crippen molar-refractivity contribution >= 4 is 22.9 Å². The van der Waals surface area contributed by atoms with E-state index in [0.717, 1.165) is 0 Å². The van der Waals surface area contributed by atoms with E-state index in [2.05, 4.69) is 10.3 Å². The van der Waals surface area contributed by atoms with Crippen LogP contribution >= 0.6 is 0 Å². The first kappa shape index (κ1) is 14.8. The van der Waals surface area contributed by atoms with Crippen LogP contribution in [0.1, 0.15) is 13.8 Å². The molecule has 3 N–H and O–H groups in total. The van der Waals surface area contributed by atoms with Gasteiger partial charge in [-0.25, -0.2) is 4.79 Å². The van der Waals surface area contributed by atoms with Gasteiger partial charge < -0.3 is 15.4 Å². The van der Waals surface area contributed by atoms with Crippen molar-refractivity contribution in [2.24, 2.45) is 5.92 Å². The minimum Gasteiger partial charge on any atom is -0.481 e. The fourth-order valence-corrected chi connectivity index (χ4v) is 2.05. The number of imidazole rings is 1. The first-order valence-electron chi connectivity index (χ1n) is 6.60. The number of carboxylic acid groups (broad SMARTS) is 1. The summed E-state index contributed by atoms with van der Waals surface area (Å²) >= 11 is 0. The number of nitrogens with one attached hydrogen (secondary N) is 2. The highest BCUT2D eigenvalue weighted by molar-refractivity contribution is 5.81. The van der Waals surface area contributed by atoms with E-state index in [1.165, 1.54) is 11.5 Å². The minimum absolute atomic E-state index is 0.153. The molecular weight excluding hydrogens is 274 g/mol. The van der Waals surface area contributed by atoms with Crippen LogP contribution in [0.5, 0.6) is 0 Å². The van der Waals surface area contributed by atoms with Crippen LogP contribution in [0.15, 0.2) is 29.1 Å². The van der Waals surface area contributed by atoms with E-state index in [4.69, 9.17) is 5.11 Å². The number of benzene rings is 1. The zero-order valence-corrected chi connectivity index (χ0v) is 11.8. The fourth-order valence-electron chi connectivity index (χ4n) is 2.05. The van der Waals surface area contributed by atoms with Crippen molar-refractivity contribution in [1.82, 2.24) is 14.9 Å². The molecule has 2 rings (SSSR count). The van der Waals surface area contributed by atoms with Crippen molar-refractivity contribution in [3.63, 3.8) is 0 Å². The molecule has 21 heavy (non-hydrogen) atoms. The van der Waals surface area contributed by atoms with Crippen LogP contribution in [-0.4, -0.2) is 32.6 Å². The van der Waals surface area contributed by atoms with Gasteiger partial charge in [-0.15, -0.1) is 0 Å². The highest BCUT2D eigenvalue weighted by Gasteiger charge is 2.21. The van der Waals surface area contributed by atoms with E-state index in [0.29, 0.717) is 11.0 Å². The molecule has 1 amide bonds. The van der Waals surface area contributed by atoms with Crippen molar-refractivity contribution in [2.75, 3.05) is 0 Å². The molecule has 112 valence electrons. The summed E-state index contributed by atoms with van der Waals surface area (Å²) in [6.45, 7) is 2.99. The lowest BCUT2D eigenvalue weighted by atomic mass is 10.0. The van der Waals surface area contributed by atoms with E-state index in [-0.39, 0.29) is 12.2 Å². The summed E-state index contributed by atoms with van der Waals surface area (Å²) < 4.78 is 1.32. The van der Waals surface area contributed by atoms with Gasteiger partial charge in [-0.2, -0.15) is 0 Å². The lowest BCUT2D eigenvalue weighted by molar-refractivity contribution is -0.142. The summed E-state index contributed by atoms with van der Waals surface area (Å²) in [6, 6.07) is 6.54. The molecule has 2 aromatic rings. The average Bonchev–Trinajstić information content (AvgIpc) is 2.74. The molecule has 7 heteroatoms. The van der Waals surface area contributed by atoms with Gasteiger partial charge in [-0.3, -0.25) is 14.2 Å². The van der Waals surface area contributed by atoms with Gasteiger partial charge in [0.25, 0.3) is 0 Å². The summed E-state index contributed by atoms with van der Waals surface area (Å²) in [4.78, 5) is 37.3. The molecule has 0 aliphatic heterocycles. The van der Waals surface area contributed by atoms with Gasteiger partial charge in [-0.1, -0.05) is 12.1 Å². The molecule has 0 radical (unpaired) electrons. The molecule has 0 bridgehead atoms. The number of aliphatic carboxylic acids is 1. The quantitative estimate of drug-likeness (QED) is 0.748. The van der Waals surface area contributed by atoms with Crippen molar-refractivity contribution in [3.05, 3.63) is 34.7 Å². The van der Waals surface area contributed by atoms with Gasteiger partial charge in [0.05, 0.1) is 17.0 Å².